The Morgan fingerprint density at radius 2 is 2.10 bits per heavy atom. The Hall–Kier alpha value is -1.52. The van der Waals surface area contributed by atoms with Gasteiger partial charge in [-0.2, -0.15) is 5.10 Å². The van der Waals surface area contributed by atoms with Crippen LogP contribution in [-0.4, -0.2) is 35.4 Å². The van der Waals surface area contributed by atoms with Crippen molar-refractivity contribution in [2.75, 3.05) is 19.6 Å². The van der Waals surface area contributed by atoms with Crippen molar-refractivity contribution in [1.29, 1.82) is 0 Å². The second-order valence-corrected chi connectivity index (χ2v) is 5.54. The zero-order valence-electron chi connectivity index (χ0n) is 13.5. The molecule has 0 unspecified atom stereocenters. The maximum absolute atomic E-state index is 4.55. The van der Waals surface area contributed by atoms with Gasteiger partial charge in [0.15, 0.2) is 5.96 Å². The maximum Gasteiger partial charge on any atom is 0.191 e. The van der Waals surface area contributed by atoms with Crippen molar-refractivity contribution < 1.29 is 0 Å². The number of rotatable bonds is 7. The first-order valence-electron chi connectivity index (χ1n) is 7.56. The van der Waals surface area contributed by atoms with Crippen molar-refractivity contribution in [1.82, 2.24) is 20.4 Å². The first kappa shape index (κ1) is 16.5. The van der Waals surface area contributed by atoms with Gasteiger partial charge in [-0.15, -0.1) is 0 Å². The molecule has 114 valence electrons. The van der Waals surface area contributed by atoms with E-state index >= 15 is 0 Å². The summed E-state index contributed by atoms with van der Waals surface area (Å²) < 4.78 is 2.06. The van der Waals surface area contributed by atoms with Gasteiger partial charge in [-0.05, 0) is 39.2 Å². The molecule has 0 aliphatic rings. The fourth-order valence-corrected chi connectivity index (χ4v) is 1.95. The van der Waals surface area contributed by atoms with E-state index in [1.54, 1.807) is 0 Å². The Morgan fingerprint density at radius 1 is 1.35 bits per heavy atom. The molecular weight excluding hydrogens is 250 g/mol. The number of aliphatic imine (C=N–C) groups is 1. The van der Waals surface area contributed by atoms with Gasteiger partial charge in [-0.1, -0.05) is 13.8 Å². The molecule has 5 nitrogen and oxygen atoms in total. The molecule has 2 N–H and O–H groups in total. The van der Waals surface area contributed by atoms with Crippen molar-refractivity contribution in [3.05, 3.63) is 17.5 Å². The lowest BCUT2D eigenvalue weighted by Crippen LogP contribution is -2.38. The molecule has 0 bridgehead atoms. The first-order chi connectivity index (χ1) is 9.52. The predicted molar refractivity (Wildman–Crippen MR) is 85.1 cm³/mol. The van der Waals surface area contributed by atoms with Gasteiger partial charge in [0.25, 0.3) is 0 Å². The minimum Gasteiger partial charge on any atom is -0.357 e. The monoisotopic (exact) mass is 279 g/mol. The van der Waals surface area contributed by atoms with E-state index in [1.807, 2.05) is 6.92 Å². The van der Waals surface area contributed by atoms with Crippen LogP contribution in [0.25, 0.3) is 0 Å². The normalized spacial score (nSPS) is 12.0. The fourth-order valence-electron chi connectivity index (χ4n) is 1.95. The zero-order valence-corrected chi connectivity index (χ0v) is 13.5. The third-order valence-corrected chi connectivity index (χ3v) is 2.90. The van der Waals surface area contributed by atoms with Crippen LogP contribution in [0.4, 0.5) is 0 Å². The Balaban J connectivity index is 2.33. The third kappa shape index (κ3) is 6.08. The Kier molecular flexibility index (Phi) is 7.12. The highest BCUT2D eigenvalue weighted by molar-refractivity contribution is 5.79. The summed E-state index contributed by atoms with van der Waals surface area (Å²) in [6.45, 7) is 14.2. The highest BCUT2D eigenvalue weighted by atomic mass is 15.3. The molecule has 0 aromatic carbocycles. The maximum atomic E-state index is 4.55. The number of hydrogen-bond donors (Lipinski definition) is 2. The molecular formula is C15H29N5. The second-order valence-electron chi connectivity index (χ2n) is 5.54. The largest absolute Gasteiger partial charge is 0.357 e. The molecule has 0 spiro atoms. The molecule has 0 radical (unpaired) electrons. The van der Waals surface area contributed by atoms with Crippen LogP contribution in [0.15, 0.2) is 11.1 Å². The summed E-state index contributed by atoms with van der Waals surface area (Å²) in [5, 5.41) is 11.1. The van der Waals surface area contributed by atoms with Crippen LogP contribution in [0.5, 0.6) is 0 Å². The molecule has 0 atom stereocenters. The molecule has 1 aromatic heterocycles. The van der Waals surface area contributed by atoms with Crippen molar-refractivity contribution in [3.63, 3.8) is 0 Å². The van der Waals surface area contributed by atoms with E-state index in [0.29, 0.717) is 5.92 Å². The van der Waals surface area contributed by atoms with Crippen LogP contribution >= 0.6 is 0 Å². The molecule has 0 amide bonds. The topological polar surface area (TPSA) is 54.2 Å². The summed E-state index contributed by atoms with van der Waals surface area (Å²) in [4.78, 5) is 4.55. The van der Waals surface area contributed by atoms with Crippen molar-refractivity contribution in [3.8, 4) is 0 Å². The van der Waals surface area contributed by atoms with Gasteiger partial charge in [-0.25, -0.2) is 0 Å². The number of nitrogens with zero attached hydrogens (tertiary/aromatic N) is 3. The van der Waals surface area contributed by atoms with Crippen molar-refractivity contribution in [2.45, 2.75) is 47.6 Å². The number of aryl methyl sites for hydroxylation is 3. The highest BCUT2D eigenvalue weighted by Crippen LogP contribution is 2.02. The average molecular weight is 279 g/mol. The van der Waals surface area contributed by atoms with Gasteiger partial charge in [0.05, 0.1) is 5.69 Å². The van der Waals surface area contributed by atoms with Crippen LogP contribution in [0.2, 0.25) is 0 Å². The lowest BCUT2D eigenvalue weighted by Gasteiger charge is -2.12. The van der Waals surface area contributed by atoms with E-state index in [2.05, 4.69) is 59.2 Å². The zero-order chi connectivity index (χ0) is 15.0. The van der Waals surface area contributed by atoms with Crippen LogP contribution < -0.4 is 10.6 Å². The number of nitrogens with one attached hydrogen (secondary N) is 2. The summed E-state index contributed by atoms with van der Waals surface area (Å²) >= 11 is 0. The average Bonchev–Trinajstić information content (AvgIpc) is 2.70. The van der Waals surface area contributed by atoms with Crippen LogP contribution in [0.3, 0.4) is 0 Å². The molecule has 0 saturated carbocycles. The molecule has 20 heavy (non-hydrogen) atoms. The fraction of sp³-hybridized carbons (Fsp3) is 0.733. The number of guanidine groups is 1. The molecule has 0 aliphatic heterocycles. The summed E-state index contributed by atoms with van der Waals surface area (Å²) in [5.74, 6) is 1.50. The van der Waals surface area contributed by atoms with Crippen LogP contribution in [-0.2, 0) is 6.54 Å². The smallest absolute Gasteiger partial charge is 0.191 e. The van der Waals surface area contributed by atoms with E-state index in [4.69, 9.17) is 0 Å². The lowest BCUT2D eigenvalue weighted by atomic mass is 10.2. The highest BCUT2D eigenvalue weighted by Gasteiger charge is 2.01. The van der Waals surface area contributed by atoms with Gasteiger partial charge in [0.2, 0.25) is 0 Å². The SMILES string of the molecule is CCNC(=NCC(C)C)NCCCn1nc(C)cc1C. The van der Waals surface area contributed by atoms with E-state index in [1.165, 1.54) is 5.69 Å². The molecule has 1 heterocycles. The lowest BCUT2D eigenvalue weighted by molar-refractivity contribution is 0.554. The van der Waals surface area contributed by atoms with E-state index < -0.39 is 0 Å². The second kappa shape index (κ2) is 8.61. The number of aromatic nitrogens is 2. The molecule has 0 fully saturated rings. The molecule has 5 heteroatoms. The summed E-state index contributed by atoms with van der Waals surface area (Å²) in [7, 11) is 0. The number of hydrogen-bond acceptors (Lipinski definition) is 2. The van der Waals surface area contributed by atoms with Gasteiger partial charge >= 0.3 is 0 Å². The Labute approximate surface area is 122 Å². The van der Waals surface area contributed by atoms with E-state index in [9.17, 15) is 0 Å². The summed E-state index contributed by atoms with van der Waals surface area (Å²) in [6, 6.07) is 2.11. The molecule has 1 rings (SSSR count). The quantitative estimate of drug-likeness (QED) is 0.456. The Bertz CT molecular complexity index is 420. The molecule has 1 aromatic rings. The van der Waals surface area contributed by atoms with Crippen LogP contribution in [0.1, 0.15) is 38.6 Å². The minimum atomic E-state index is 0.583. The van der Waals surface area contributed by atoms with Gasteiger partial charge in [-0.3, -0.25) is 9.67 Å². The predicted octanol–water partition coefficient (Wildman–Crippen LogP) is 2.10. The first-order valence-corrected chi connectivity index (χ1v) is 7.56. The van der Waals surface area contributed by atoms with Gasteiger partial charge < -0.3 is 10.6 Å². The van der Waals surface area contributed by atoms with Gasteiger partial charge in [0, 0.05) is 31.9 Å². The third-order valence-electron chi connectivity index (χ3n) is 2.90. The Morgan fingerprint density at radius 3 is 2.65 bits per heavy atom. The minimum absolute atomic E-state index is 0.583. The van der Waals surface area contributed by atoms with Gasteiger partial charge in [0.1, 0.15) is 0 Å². The summed E-state index contributed by atoms with van der Waals surface area (Å²) in [6.07, 6.45) is 1.04. The summed E-state index contributed by atoms with van der Waals surface area (Å²) in [5.41, 5.74) is 2.31. The standard InChI is InChI=1S/C15H29N5/c1-6-16-15(18-11-12(2)3)17-8-7-9-20-14(5)10-13(4)19-20/h10,12H,6-9,11H2,1-5H3,(H2,16,17,18). The van der Waals surface area contributed by atoms with Crippen molar-refractivity contribution in [2.24, 2.45) is 10.9 Å². The molecule has 0 saturated heterocycles. The van der Waals surface area contributed by atoms with E-state index in [0.717, 1.165) is 44.3 Å². The molecule has 0 aliphatic carbocycles. The van der Waals surface area contributed by atoms with Crippen molar-refractivity contribution >= 4 is 5.96 Å². The van der Waals surface area contributed by atoms with E-state index in [-0.39, 0.29) is 0 Å². The van der Waals surface area contributed by atoms with Crippen LogP contribution in [0, 0.1) is 19.8 Å².